The molecule has 0 amide bonds. The maximum Gasteiger partial charge on any atom is 0.197 e. The number of thiophene rings is 4. The molecule has 1 nitrogen and oxygen atoms in total. The van der Waals surface area contributed by atoms with Crippen LogP contribution < -0.4 is 0 Å². The van der Waals surface area contributed by atoms with Gasteiger partial charge in [-0.3, -0.25) is 4.79 Å². The van der Waals surface area contributed by atoms with Crippen LogP contribution in [0.1, 0.15) is 19.5 Å². The summed E-state index contributed by atoms with van der Waals surface area (Å²) >= 11 is 6.64. The Bertz CT molecular complexity index is 1020. The van der Waals surface area contributed by atoms with Crippen LogP contribution in [0.3, 0.4) is 0 Å². The number of allylic oxidation sites excluding steroid dienone is 4. The molecule has 0 saturated carbocycles. The van der Waals surface area contributed by atoms with Gasteiger partial charge in [0.2, 0.25) is 0 Å². The van der Waals surface area contributed by atoms with Gasteiger partial charge in [-0.05, 0) is 45.8 Å². The highest BCUT2D eigenvalue weighted by Gasteiger charge is 2.36. The van der Waals surface area contributed by atoms with Crippen LogP contribution in [0, 0.1) is 0 Å². The molecule has 0 spiro atoms. The molecule has 4 heterocycles. The van der Waals surface area contributed by atoms with Crippen LogP contribution in [0.5, 0.6) is 0 Å². The van der Waals surface area contributed by atoms with Crippen LogP contribution in [0.25, 0.3) is 22.3 Å². The fourth-order valence-corrected chi connectivity index (χ4v) is 6.36. The van der Waals surface area contributed by atoms with Crippen molar-refractivity contribution in [2.45, 2.75) is 0 Å². The summed E-state index contributed by atoms with van der Waals surface area (Å²) < 4.78 is 0. The molecular weight excluding hydrogens is 396 g/mol. The zero-order valence-corrected chi connectivity index (χ0v) is 16.7. The zero-order chi connectivity index (χ0) is 17.5. The van der Waals surface area contributed by atoms with E-state index in [2.05, 4.69) is 47.2 Å². The van der Waals surface area contributed by atoms with Crippen LogP contribution in [-0.2, 0) is 4.79 Å². The Kier molecular flexibility index (Phi) is 4.10. The lowest BCUT2D eigenvalue weighted by atomic mass is 10.0. The summed E-state index contributed by atoms with van der Waals surface area (Å²) in [5.41, 5.74) is 3.85. The van der Waals surface area contributed by atoms with E-state index in [1.807, 2.05) is 22.9 Å². The lowest BCUT2D eigenvalue weighted by Crippen LogP contribution is -1.99. The number of hydrogen-bond acceptors (Lipinski definition) is 5. The summed E-state index contributed by atoms with van der Waals surface area (Å²) in [6.07, 6.45) is 0. The molecule has 1 aliphatic rings. The number of rotatable bonds is 4. The maximum atomic E-state index is 13.6. The number of hydrogen-bond donors (Lipinski definition) is 0. The van der Waals surface area contributed by atoms with Crippen molar-refractivity contribution in [2.24, 2.45) is 0 Å². The summed E-state index contributed by atoms with van der Waals surface area (Å²) in [5, 5.41) is 8.23. The van der Waals surface area contributed by atoms with Gasteiger partial charge in [-0.1, -0.05) is 24.3 Å². The minimum atomic E-state index is 0.140. The Morgan fingerprint density at radius 3 is 1.04 bits per heavy atom. The van der Waals surface area contributed by atoms with Crippen molar-refractivity contribution in [1.29, 1.82) is 0 Å². The third kappa shape index (κ3) is 2.51. The summed E-state index contributed by atoms with van der Waals surface area (Å²) in [6.45, 7) is 0. The zero-order valence-electron chi connectivity index (χ0n) is 13.5. The minimum Gasteiger partial charge on any atom is -0.288 e. The molecule has 0 radical (unpaired) electrons. The van der Waals surface area contributed by atoms with E-state index >= 15 is 0 Å². The first-order valence-corrected chi connectivity index (χ1v) is 11.6. The van der Waals surface area contributed by atoms with Crippen LogP contribution in [-0.4, -0.2) is 5.78 Å². The molecule has 0 aromatic carbocycles. The van der Waals surface area contributed by atoms with Crippen LogP contribution in [0.2, 0.25) is 0 Å². The molecule has 4 aromatic heterocycles. The van der Waals surface area contributed by atoms with E-state index in [-0.39, 0.29) is 5.78 Å². The van der Waals surface area contributed by atoms with Gasteiger partial charge >= 0.3 is 0 Å². The molecule has 4 aromatic rings. The molecule has 0 fully saturated rings. The van der Waals surface area contributed by atoms with Gasteiger partial charge in [-0.2, -0.15) is 0 Å². The fourth-order valence-electron chi connectivity index (χ4n) is 3.25. The standard InChI is InChI=1S/C21H12OS4/c22-21-19(15-7-3-11-25-15)17(13-5-1-9-23-13)18(14-6-2-10-24-14)20(21)16-8-4-12-26-16/h1-12H. The average Bonchev–Trinajstić information content (AvgIpc) is 3.44. The van der Waals surface area contributed by atoms with Gasteiger partial charge in [0, 0.05) is 41.8 Å². The molecule has 0 bridgehead atoms. The van der Waals surface area contributed by atoms with E-state index < -0.39 is 0 Å². The highest BCUT2D eigenvalue weighted by Crippen LogP contribution is 2.52. The highest BCUT2D eigenvalue weighted by atomic mass is 32.1. The van der Waals surface area contributed by atoms with Gasteiger partial charge in [-0.25, -0.2) is 0 Å². The third-order valence-corrected chi connectivity index (χ3v) is 7.82. The van der Waals surface area contributed by atoms with Crippen molar-refractivity contribution >= 4 is 73.4 Å². The Morgan fingerprint density at radius 2 is 0.769 bits per heavy atom. The van der Waals surface area contributed by atoms with E-state index in [9.17, 15) is 4.79 Å². The van der Waals surface area contributed by atoms with Crippen molar-refractivity contribution in [2.75, 3.05) is 0 Å². The number of carbonyl (C=O) groups excluding carboxylic acids is 1. The molecule has 0 saturated heterocycles. The molecule has 5 heteroatoms. The van der Waals surface area contributed by atoms with Crippen LogP contribution in [0.15, 0.2) is 70.1 Å². The lowest BCUT2D eigenvalue weighted by Gasteiger charge is -2.08. The van der Waals surface area contributed by atoms with E-state index in [4.69, 9.17) is 0 Å². The van der Waals surface area contributed by atoms with Gasteiger partial charge in [0.25, 0.3) is 0 Å². The Labute approximate surface area is 167 Å². The summed E-state index contributed by atoms with van der Waals surface area (Å²) in [7, 11) is 0. The molecule has 5 rings (SSSR count). The van der Waals surface area contributed by atoms with E-state index in [1.165, 1.54) is 0 Å². The van der Waals surface area contributed by atoms with Crippen molar-refractivity contribution in [3.63, 3.8) is 0 Å². The highest BCUT2D eigenvalue weighted by molar-refractivity contribution is 7.15. The largest absolute Gasteiger partial charge is 0.288 e. The predicted octanol–water partition coefficient (Wildman–Crippen LogP) is 7.04. The molecular formula is C21H12OS4. The maximum absolute atomic E-state index is 13.6. The molecule has 0 N–H and O–H groups in total. The van der Waals surface area contributed by atoms with E-state index in [0.717, 1.165) is 41.8 Å². The monoisotopic (exact) mass is 408 g/mol. The molecule has 0 unspecified atom stereocenters. The van der Waals surface area contributed by atoms with Crippen molar-refractivity contribution < 1.29 is 4.79 Å². The minimum absolute atomic E-state index is 0.140. The van der Waals surface area contributed by atoms with Crippen molar-refractivity contribution in [1.82, 2.24) is 0 Å². The van der Waals surface area contributed by atoms with E-state index in [0.29, 0.717) is 0 Å². The first-order valence-electron chi connectivity index (χ1n) is 8.03. The first-order chi connectivity index (χ1) is 12.8. The summed E-state index contributed by atoms with van der Waals surface area (Å²) in [5.74, 6) is 0.140. The SMILES string of the molecule is O=C1C(c2cccs2)=C(c2cccs2)C(c2cccs2)=C1c1cccs1. The van der Waals surface area contributed by atoms with Gasteiger partial charge in [0.05, 0.1) is 0 Å². The average molecular weight is 409 g/mol. The lowest BCUT2D eigenvalue weighted by molar-refractivity contribution is -0.108. The number of Topliss-reactive ketones (excluding diaryl/α,β-unsaturated/α-hetero) is 1. The second-order valence-electron chi connectivity index (χ2n) is 5.74. The normalized spacial score (nSPS) is 14.7. The second kappa shape index (κ2) is 6.59. The van der Waals surface area contributed by atoms with Crippen molar-refractivity contribution in [3.05, 3.63) is 89.6 Å². The smallest absolute Gasteiger partial charge is 0.197 e. The Balaban J connectivity index is 1.86. The van der Waals surface area contributed by atoms with E-state index in [1.54, 1.807) is 45.3 Å². The molecule has 126 valence electrons. The summed E-state index contributed by atoms with van der Waals surface area (Å²) in [4.78, 5) is 18.0. The first kappa shape index (κ1) is 16.1. The second-order valence-corrected chi connectivity index (χ2v) is 9.53. The van der Waals surface area contributed by atoms with Crippen LogP contribution >= 0.6 is 45.3 Å². The van der Waals surface area contributed by atoms with Gasteiger partial charge < -0.3 is 0 Å². The quantitative estimate of drug-likeness (QED) is 0.354. The van der Waals surface area contributed by atoms with Crippen molar-refractivity contribution in [3.8, 4) is 0 Å². The number of ketones is 1. The number of carbonyl (C=O) groups is 1. The summed E-state index contributed by atoms with van der Waals surface area (Å²) in [6, 6.07) is 16.5. The Morgan fingerprint density at radius 1 is 0.462 bits per heavy atom. The fraction of sp³-hybridized carbons (Fsp3) is 0. The van der Waals surface area contributed by atoms with Gasteiger partial charge in [0.1, 0.15) is 0 Å². The molecule has 1 aliphatic carbocycles. The predicted molar refractivity (Wildman–Crippen MR) is 116 cm³/mol. The Hall–Kier alpha value is -2.05. The van der Waals surface area contributed by atoms with Gasteiger partial charge in [-0.15, -0.1) is 45.3 Å². The molecule has 0 atom stereocenters. The van der Waals surface area contributed by atoms with Gasteiger partial charge in [0.15, 0.2) is 5.78 Å². The molecule has 26 heavy (non-hydrogen) atoms. The third-order valence-electron chi connectivity index (χ3n) is 4.27. The molecule has 0 aliphatic heterocycles. The van der Waals surface area contributed by atoms with Crippen LogP contribution in [0.4, 0.5) is 0 Å². The topological polar surface area (TPSA) is 17.1 Å².